The standard InChI is InChI=1S/C45H60N2O5/c1-44(2,3)36-26-33(27-37(29-36)45(4,5)6)32-51-24-18-12-10-8-7-9-11-13-19-25-52-41(49)31-46-40(48)30-47-43(50)42-38-22-16-14-20-34(38)28-35-21-15-17-23-39(35)42/h14-17,20-23,26-29H,7-13,18-19,24-25,30-32H2,1-6H3,(H,46,48)(H,47,50). The molecule has 7 nitrogen and oxygen atoms in total. The number of fused-ring (bicyclic) bond motifs is 2. The fourth-order valence-corrected chi connectivity index (χ4v) is 6.35. The monoisotopic (exact) mass is 708 g/mol. The molecule has 0 aliphatic carbocycles. The Balaban J connectivity index is 0.993. The molecular formula is C45H60N2O5. The molecule has 280 valence electrons. The number of carbonyl (C=O) groups is 3. The van der Waals surface area contributed by atoms with Crippen LogP contribution in [0.3, 0.4) is 0 Å². The zero-order valence-electron chi connectivity index (χ0n) is 32.4. The Labute approximate surface area is 311 Å². The highest BCUT2D eigenvalue weighted by Gasteiger charge is 2.21. The van der Waals surface area contributed by atoms with Gasteiger partial charge in [0.25, 0.3) is 5.91 Å². The van der Waals surface area contributed by atoms with E-state index in [4.69, 9.17) is 9.47 Å². The van der Waals surface area contributed by atoms with Gasteiger partial charge in [0.2, 0.25) is 5.91 Å². The average molecular weight is 709 g/mol. The van der Waals surface area contributed by atoms with Crippen LogP contribution in [0.1, 0.15) is 126 Å². The van der Waals surface area contributed by atoms with Gasteiger partial charge in [-0.2, -0.15) is 0 Å². The highest BCUT2D eigenvalue weighted by Crippen LogP contribution is 2.31. The fraction of sp³-hybridized carbons (Fsp3) is 0.489. The van der Waals surface area contributed by atoms with Crippen molar-refractivity contribution >= 4 is 39.3 Å². The Morgan fingerprint density at radius 3 is 1.62 bits per heavy atom. The third-order valence-corrected chi connectivity index (χ3v) is 9.53. The van der Waals surface area contributed by atoms with Crippen molar-refractivity contribution in [2.45, 2.75) is 117 Å². The molecule has 7 heteroatoms. The summed E-state index contributed by atoms with van der Waals surface area (Å²) < 4.78 is 11.4. The summed E-state index contributed by atoms with van der Waals surface area (Å²) in [5.74, 6) is -1.25. The first-order valence-corrected chi connectivity index (χ1v) is 19.2. The fourth-order valence-electron chi connectivity index (χ4n) is 6.35. The van der Waals surface area contributed by atoms with Gasteiger partial charge in [-0.15, -0.1) is 0 Å². The minimum absolute atomic E-state index is 0.115. The molecule has 0 aliphatic heterocycles. The van der Waals surface area contributed by atoms with Crippen LogP contribution in [0.5, 0.6) is 0 Å². The molecule has 0 aliphatic rings. The summed E-state index contributed by atoms with van der Waals surface area (Å²) in [6.45, 7) is 15.0. The van der Waals surface area contributed by atoms with Crippen LogP contribution in [0.4, 0.5) is 0 Å². The number of benzene rings is 4. The van der Waals surface area contributed by atoms with E-state index in [0.717, 1.165) is 53.8 Å². The van der Waals surface area contributed by atoms with Crippen molar-refractivity contribution < 1.29 is 23.9 Å². The van der Waals surface area contributed by atoms with Crippen molar-refractivity contribution in [1.82, 2.24) is 10.6 Å². The van der Waals surface area contributed by atoms with Gasteiger partial charge in [0.1, 0.15) is 6.54 Å². The first kappa shape index (κ1) is 40.5. The lowest BCUT2D eigenvalue weighted by molar-refractivity contribution is -0.144. The van der Waals surface area contributed by atoms with E-state index in [1.54, 1.807) is 0 Å². The van der Waals surface area contributed by atoms with Crippen LogP contribution >= 0.6 is 0 Å². The molecule has 0 saturated heterocycles. The molecule has 4 aromatic carbocycles. The highest BCUT2D eigenvalue weighted by molar-refractivity contribution is 6.18. The second kappa shape index (κ2) is 19.6. The largest absolute Gasteiger partial charge is 0.464 e. The molecule has 52 heavy (non-hydrogen) atoms. The lowest BCUT2D eigenvalue weighted by Crippen LogP contribution is -2.39. The minimum atomic E-state index is -0.475. The summed E-state index contributed by atoms with van der Waals surface area (Å²) in [6.07, 6.45) is 10.1. The molecule has 0 radical (unpaired) electrons. The van der Waals surface area contributed by atoms with Crippen LogP contribution in [0, 0.1) is 0 Å². The molecule has 0 heterocycles. The number of amides is 2. The lowest BCUT2D eigenvalue weighted by Gasteiger charge is -2.26. The molecule has 0 saturated carbocycles. The second-order valence-corrected chi connectivity index (χ2v) is 16.0. The summed E-state index contributed by atoms with van der Waals surface area (Å²) in [6, 6.07) is 24.4. The molecule has 4 aromatic rings. The number of hydrogen-bond donors (Lipinski definition) is 2. The maximum Gasteiger partial charge on any atom is 0.325 e. The van der Waals surface area contributed by atoms with Crippen molar-refractivity contribution in [2.75, 3.05) is 26.3 Å². The molecule has 0 atom stereocenters. The van der Waals surface area contributed by atoms with E-state index in [1.165, 1.54) is 48.8 Å². The van der Waals surface area contributed by atoms with Crippen LogP contribution in [0.2, 0.25) is 0 Å². The van der Waals surface area contributed by atoms with E-state index in [9.17, 15) is 14.4 Å². The van der Waals surface area contributed by atoms with E-state index in [2.05, 4.69) is 76.4 Å². The Morgan fingerprint density at radius 1 is 0.577 bits per heavy atom. The van der Waals surface area contributed by atoms with Crippen molar-refractivity contribution in [3.05, 3.63) is 95.1 Å². The maximum absolute atomic E-state index is 13.2. The lowest BCUT2D eigenvalue weighted by atomic mass is 9.79. The number of hydrogen-bond acceptors (Lipinski definition) is 5. The van der Waals surface area contributed by atoms with Gasteiger partial charge in [-0.1, -0.05) is 153 Å². The summed E-state index contributed by atoms with van der Waals surface area (Å²) in [4.78, 5) is 37.7. The topological polar surface area (TPSA) is 93.7 Å². The molecule has 4 rings (SSSR count). The minimum Gasteiger partial charge on any atom is -0.464 e. The predicted molar refractivity (Wildman–Crippen MR) is 213 cm³/mol. The number of carbonyl (C=O) groups excluding carboxylic acids is 3. The van der Waals surface area contributed by atoms with Crippen LogP contribution < -0.4 is 10.6 Å². The normalized spacial score (nSPS) is 11.9. The van der Waals surface area contributed by atoms with Crippen LogP contribution in [-0.2, 0) is 36.5 Å². The molecule has 2 amide bonds. The smallest absolute Gasteiger partial charge is 0.325 e. The molecule has 0 fully saturated rings. The van der Waals surface area contributed by atoms with Gasteiger partial charge in [-0.25, -0.2) is 0 Å². The first-order chi connectivity index (χ1) is 24.8. The number of rotatable bonds is 19. The van der Waals surface area contributed by atoms with Crippen molar-refractivity contribution in [3.8, 4) is 0 Å². The zero-order valence-corrected chi connectivity index (χ0v) is 32.4. The van der Waals surface area contributed by atoms with Gasteiger partial charge in [0.05, 0.1) is 25.3 Å². The van der Waals surface area contributed by atoms with Crippen molar-refractivity contribution in [1.29, 1.82) is 0 Å². The third-order valence-electron chi connectivity index (χ3n) is 9.53. The van der Waals surface area contributed by atoms with E-state index in [-0.39, 0.29) is 29.8 Å². The Kier molecular flexibility index (Phi) is 15.3. The molecule has 0 spiro atoms. The summed E-state index contributed by atoms with van der Waals surface area (Å²) in [5.41, 5.74) is 4.77. The Bertz CT molecular complexity index is 1700. The quantitative estimate of drug-likeness (QED) is 0.0575. The second-order valence-electron chi connectivity index (χ2n) is 16.0. The molecule has 2 N–H and O–H groups in total. The maximum atomic E-state index is 13.2. The number of ether oxygens (including phenoxy) is 2. The Hall–Kier alpha value is -4.23. The van der Waals surface area contributed by atoms with Crippen LogP contribution in [-0.4, -0.2) is 44.1 Å². The first-order valence-electron chi connectivity index (χ1n) is 19.2. The van der Waals surface area contributed by atoms with E-state index in [0.29, 0.717) is 18.8 Å². The SMILES string of the molecule is CC(C)(C)c1cc(COCCCCCCCCCCCOC(=O)CNC(=O)CNC(=O)c2c3ccccc3cc3ccccc23)cc(C(C)(C)C)c1. The number of nitrogens with one attached hydrogen (secondary N) is 2. The van der Waals surface area contributed by atoms with Gasteiger partial charge < -0.3 is 20.1 Å². The van der Waals surface area contributed by atoms with Crippen molar-refractivity contribution in [3.63, 3.8) is 0 Å². The van der Waals surface area contributed by atoms with E-state index in [1.807, 2.05) is 48.5 Å². The van der Waals surface area contributed by atoms with Gasteiger partial charge in [-0.3, -0.25) is 14.4 Å². The highest BCUT2D eigenvalue weighted by atomic mass is 16.5. The number of unbranched alkanes of at least 4 members (excludes halogenated alkanes) is 8. The van der Waals surface area contributed by atoms with E-state index < -0.39 is 11.9 Å². The summed E-state index contributed by atoms with van der Waals surface area (Å²) in [7, 11) is 0. The third kappa shape index (κ3) is 12.8. The van der Waals surface area contributed by atoms with Crippen LogP contribution in [0.15, 0.2) is 72.8 Å². The Morgan fingerprint density at radius 2 is 1.08 bits per heavy atom. The molecule has 0 bridgehead atoms. The van der Waals surface area contributed by atoms with E-state index >= 15 is 0 Å². The van der Waals surface area contributed by atoms with Gasteiger partial charge in [-0.05, 0) is 68.0 Å². The van der Waals surface area contributed by atoms with Gasteiger partial charge >= 0.3 is 5.97 Å². The van der Waals surface area contributed by atoms with Crippen LogP contribution in [0.25, 0.3) is 21.5 Å². The molecule has 0 aromatic heterocycles. The van der Waals surface area contributed by atoms with Crippen molar-refractivity contribution in [2.24, 2.45) is 0 Å². The molecule has 0 unspecified atom stereocenters. The summed E-state index contributed by atoms with van der Waals surface area (Å²) in [5, 5.41) is 8.81. The average Bonchev–Trinajstić information content (AvgIpc) is 3.11. The zero-order chi connectivity index (χ0) is 37.6. The van der Waals surface area contributed by atoms with Gasteiger partial charge in [0, 0.05) is 6.61 Å². The van der Waals surface area contributed by atoms with Gasteiger partial charge in [0.15, 0.2) is 0 Å². The number of esters is 1. The predicted octanol–water partition coefficient (Wildman–Crippen LogP) is 9.70. The summed E-state index contributed by atoms with van der Waals surface area (Å²) >= 11 is 0. The molecular weight excluding hydrogens is 649 g/mol.